The van der Waals surface area contributed by atoms with Crippen molar-refractivity contribution in [1.82, 2.24) is 0 Å². The molecule has 1 unspecified atom stereocenters. The number of ether oxygens (including phenoxy) is 1. The summed E-state index contributed by atoms with van der Waals surface area (Å²) in [5, 5.41) is 8.89. The smallest absolute Gasteiger partial charge is 0.305 e. The van der Waals surface area contributed by atoms with Gasteiger partial charge in [0.15, 0.2) is 0 Å². The number of hydrogen-bond donors (Lipinski definition) is 2. The van der Waals surface area contributed by atoms with Crippen LogP contribution in [0.1, 0.15) is 19.3 Å². The van der Waals surface area contributed by atoms with E-state index < -0.39 is 5.97 Å². The SMILES string of the molecule is Nc1ccccc1N(CCC(=O)O)C1CCCOC1. The minimum Gasteiger partial charge on any atom is -0.481 e. The standard InChI is InChI=1S/C14H20N2O3/c15-12-5-1-2-6-13(12)16(8-7-14(17)18)11-4-3-9-19-10-11/h1-2,5-6,11H,3-4,7-10,15H2,(H,17,18). The number of carboxylic acid groups (broad SMARTS) is 1. The molecular formula is C14H20N2O3. The molecule has 0 spiro atoms. The number of aliphatic carboxylic acids is 1. The number of carboxylic acids is 1. The Labute approximate surface area is 113 Å². The molecule has 1 aromatic carbocycles. The zero-order valence-corrected chi connectivity index (χ0v) is 10.9. The van der Waals surface area contributed by atoms with Gasteiger partial charge in [0.1, 0.15) is 0 Å². The van der Waals surface area contributed by atoms with Gasteiger partial charge in [0, 0.05) is 13.2 Å². The van der Waals surface area contributed by atoms with Gasteiger partial charge >= 0.3 is 5.97 Å². The number of para-hydroxylation sites is 2. The van der Waals surface area contributed by atoms with Gasteiger partial charge in [-0.25, -0.2) is 0 Å². The molecule has 104 valence electrons. The Morgan fingerprint density at radius 3 is 2.89 bits per heavy atom. The van der Waals surface area contributed by atoms with Crippen LogP contribution < -0.4 is 10.6 Å². The van der Waals surface area contributed by atoms with Crippen LogP contribution in [-0.2, 0) is 9.53 Å². The van der Waals surface area contributed by atoms with Crippen molar-refractivity contribution < 1.29 is 14.6 Å². The molecule has 1 saturated heterocycles. The lowest BCUT2D eigenvalue weighted by Crippen LogP contribution is -2.42. The number of rotatable bonds is 5. The molecule has 0 bridgehead atoms. The molecule has 1 atom stereocenters. The number of anilines is 2. The van der Waals surface area contributed by atoms with Crippen LogP contribution in [0.15, 0.2) is 24.3 Å². The van der Waals surface area contributed by atoms with Gasteiger partial charge < -0.3 is 20.5 Å². The summed E-state index contributed by atoms with van der Waals surface area (Å²) in [4.78, 5) is 12.9. The van der Waals surface area contributed by atoms with E-state index in [4.69, 9.17) is 15.6 Å². The van der Waals surface area contributed by atoms with E-state index in [0.717, 1.165) is 25.1 Å². The van der Waals surface area contributed by atoms with Crippen LogP contribution in [0, 0.1) is 0 Å². The summed E-state index contributed by atoms with van der Waals surface area (Å²) < 4.78 is 5.50. The Morgan fingerprint density at radius 1 is 1.47 bits per heavy atom. The number of nitrogens with two attached hydrogens (primary N) is 1. The zero-order chi connectivity index (χ0) is 13.7. The second-order valence-corrected chi connectivity index (χ2v) is 4.77. The van der Waals surface area contributed by atoms with E-state index in [-0.39, 0.29) is 12.5 Å². The number of hydrogen-bond acceptors (Lipinski definition) is 4. The first-order valence-electron chi connectivity index (χ1n) is 6.59. The second-order valence-electron chi connectivity index (χ2n) is 4.77. The van der Waals surface area contributed by atoms with Gasteiger partial charge in [0.05, 0.1) is 30.4 Å². The molecule has 0 aromatic heterocycles. The molecule has 19 heavy (non-hydrogen) atoms. The molecule has 3 N–H and O–H groups in total. The Kier molecular flexibility index (Phi) is 4.63. The summed E-state index contributed by atoms with van der Waals surface area (Å²) in [6, 6.07) is 7.78. The average Bonchev–Trinajstić information content (AvgIpc) is 2.42. The van der Waals surface area contributed by atoms with E-state index in [2.05, 4.69) is 4.90 Å². The number of nitrogen functional groups attached to an aromatic ring is 1. The highest BCUT2D eigenvalue weighted by atomic mass is 16.5. The maximum absolute atomic E-state index is 10.8. The molecule has 1 heterocycles. The number of nitrogens with zero attached hydrogens (tertiary/aromatic N) is 1. The first-order chi connectivity index (χ1) is 9.18. The van der Waals surface area contributed by atoms with Gasteiger partial charge in [-0.3, -0.25) is 4.79 Å². The summed E-state index contributed by atoms with van der Waals surface area (Å²) in [7, 11) is 0. The first kappa shape index (κ1) is 13.7. The third kappa shape index (κ3) is 3.61. The lowest BCUT2D eigenvalue weighted by molar-refractivity contribution is -0.136. The fourth-order valence-electron chi connectivity index (χ4n) is 2.43. The van der Waals surface area contributed by atoms with Crippen LogP contribution in [0.3, 0.4) is 0 Å². The number of benzene rings is 1. The van der Waals surface area contributed by atoms with Gasteiger partial charge in [-0.2, -0.15) is 0 Å². The summed E-state index contributed by atoms with van der Waals surface area (Å²) in [6.07, 6.45) is 2.11. The molecule has 1 aliphatic heterocycles. The molecule has 5 heteroatoms. The van der Waals surface area contributed by atoms with Crippen molar-refractivity contribution >= 4 is 17.3 Å². The Morgan fingerprint density at radius 2 is 2.26 bits per heavy atom. The molecule has 1 aromatic rings. The van der Waals surface area contributed by atoms with Crippen molar-refractivity contribution in [2.24, 2.45) is 0 Å². The molecular weight excluding hydrogens is 244 g/mol. The topological polar surface area (TPSA) is 75.8 Å². The van der Waals surface area contributed by atoms with E-state index >= 15 is 0 Å². The van der Waals surface area contributed by atoms with Gasteiger partial charge in [0.2, 0.25) is 0 Å². The summed E-state index contributed by atoms with van der Waals surface area (Å²) in [6.45, 7) is 1.87. The lowest BCUT2D eigenvalue weighted by atomic mass is 10.1. The molecule has 0 aliphatic carbocycles. The van der Waals surface area contributed by atoms with Crippen LogP contribution in [-0.4, -0.2) is 36.9 Å². The van der Waals surface area contributed by atoms with Crippen LogP contribution >= 0.6 is 0 Å². The van der Waals surface area contributed by atoms with Crippen molar-refractivity contribution in [2.75, 3.05) is 30.4 Å². The minimum atomic E-state index is -0.795. The Balaban J connectivity index is 2.17. The molecule has 0 saturated carbocycles. The van der Waals surface area contributed by atoms with Crippen molar-refractivity contribution in [3.8, 4) is 0 Å². The predicted octanol–water partition coefficient (Wildman–Crippen LogP) is 1.73. The van der Waals surface area contributed by atoms with E-state index in [1.165, 1.54) is 0 Å². The average molecular weight is 264 g/mol. The largest absolute Gasteiger partial charge is 0.481 e. The second kappa shape index (κ2) is 6.43. The van der Waals surface area contributed by atoms with Gasteiger partial charge in [-0.1, -0.05) is 12.1 Å². The highest BCUT2D eigenvalue weighted by Gasteiger charge is 2.23. The predicted molar refractivity (Wildman–Crippen MR) is 74.3 cm³/mol. The van der Waals surface area contributed by atoms with Crippen LogP contribution in [0.2, 0.25) is 0 Å². The van der Waals surface area contributed by atoms with Crippen molar-refractivity contribution in [3.63, 3.8) is 0 Å². The summed E-state index contributed by atoms with van der Waals surface area (Å²) >= 11 is 0. The molecule has 1 fully saturated rings. The maximum atomic E-state index is 10.8. The highest BCUT2D eigenvalue weighted by Crippen LogP contribution is 2.27. The fraction of sp³-hybridized carbons (Fsp3) is 0.500. The van der Waals surface area contributed by atoms with Crippen LogP contribution in [0.5, 0.6) is 0 Å². The van der Waals surface area contributed by atoms with Gasteiger partial charge in [-0.15, -0.1) is 0 Å². The number of carbonyl (C=O) groups is 1. The van der Waals surface area contributed by atoms with E-state index in [0.29, 0.717) is 18.8 Å². The van der Waals surface area contributed by atoms with Crippen molar-refractivity contribution in [1.29, 1.82) is 0 Å². The molecule has 2 rings (SSSR count). The van der Waals surface area contributed by atoms with Crippen molar-refractivity contribution in [2.45, 2.75) is 25.3 Å². The Bertz CT molecular complexity index is 430. The van der Waals surface area contributed by atoms with Crippen molar-refractivity contribution in [3.05, 3.63) is 24.3 Å². The van der Waals surface area contributed by atoms with E-state index in [9.17, 15) is 4.79 Å². The maximum Gasteiger partial charge on any atom is 0.305 e. The highest BCUT2D eigenvalue weighted by molar-refractivity contribution is 5.71. The normalized spacial score (nSPS) is 19.1. The Hall–Kier alpha value is -1.75. The quantitative estimate of drug-likeness (QED) is 0.792. The third-order valence-electron chi connectivity index (χ3n) is 3.39. The van der Waals surface area contributed by atoms with Crippen LogP contribution in [0.4, 0.5) is 11.4 Å². The lowest BCUT2D eigenvalue weighted by Gasteiger charge is -2.36. The minimum absolute atomic E-state index is 0.102. The molecule has 1 aliphatic rings. The summed E-state index contributed by atoms with van der Waals surface area (Å²) in [5.41, 5.74) is 7.59. The van der Waals surface area contributed by atoms with Gasteiger partial charge in [0.25, 0.3) is 0 Å². The van der Waals surface area contributed by atoms with E-state index in [1.807, 2.05) is 24.3 Å². The van der Waals surface area contributed by atoms with Crippen LogP contribution in [0.25, 0.3) is 0 Å². The van der Waals surface area contributed by atoms with Gasteiger partial charge in [-0.05, 0) is 25.0 Å². The summed E-state index contributed by atoms with van der Waals surface area (Å²) in [5.74, 6) is -0.795. The first-order valence-corrected chi connectivity index (χ1v) is 6.59. The monoisotopic (exact) mass is 264 g/mol. The molecule has 0 amide bonds. The third-order valence-corrected chi connectivity index (χ3v) is 3.39. The van der Waals surface area contributed by atoms with E-state index in [1.54, 1.807) is 0 Å². The zero-order valence-electron chi connectivity index (χ0n) is 10.9. The fourth-order valence-corrected chi connectivity index (χ4v) is 2.43. The molecule has 5 nitrogen and oxygen atoms in total. The molecule has 0 radical (unpaired) electrons.